The number of hydrogen-bond donors (Lipinski definition) is 0. The number of benzene rings is 2. The molecule has 0 aliphatic carbocycles. The first-order chi connectivity index (χ1) is 16.1. The highest BCUT2D eigenvalue weighted by Gasteiger charge is 2.20. The lowest BCUT2D eigenvalue weighted by Crippen LogP contribution is -2.23. The van der Waals surface area contributed by atoms with Crippen molar-refractivity contribution in [3.8, 4) is 0 Å². The molecule has 4 rings (SSSR count). The summed E-state index contributed by atoms with van der Waals surface area (Å²) in [5.74, 6) is 1.59. The van der Waals surface area contributed by atoms with Gasteiger partial charge in [0.05, 0.1) is 11.4 Å². The minimum Gasteiger partial charge on any atom is -0.306 e. The number of aryl methyl sites for hydroxylation is 1. The van der Waals surface area contributed by atoms with Crippen molar-refractivity contribution in [1.29, 1.82) is 0 Å². The van der Waals surface area contributed by atoms with E-state index < -0.39 is 0 Å². The molecule has 0 fully saturated rings. The van der Waals surface area contributed by atoms with Gasteiger partial charge in [0, 0.05) is 31.0 Å². The van der Waals surface area contributed by atoms with Gasteiger partial charge in [0.1, 0.15) is 5.82 Å². The standard InChI is InChI=1S/C25H27N5OS2/c1-4-20-13-9-10-14-22(20)30(18(3)31)24-26-21(16-32-24)17-33-25-28-27-23(29(25)5-2)15-19-11-7-6-8-12-19/h6-14,16H,4-5,15,17H2,1-3H3. The Hall–Kier alpha value is -2.97. The number of nitrogens with zero attached hydrogens (tertiary/aromatic N) is 5. The van der Waals surface area contributed by atoms with Gasteiger partial charge < -0.3 is 4.57 Å². The molecule has 2 aromatic carbocycles. The molecule has 8 heteroatoms. The number of thioether (sulfide) groups is 1. The van der Waals surface area contributed by atoms with Crippen molar-refractivity contribution in [3.63, 3.8) is 0 Å². The molecule has 2 aromatic heterocycles. The SMILES string of the molecule is CCc1ccccc1N(C(C)=O)c1nc(CSc2nnc(Cc3ccccc3)n2CC)cs1. The van der Waals surface area contributed by atoms with Crippen LogP contribution in [-0.2, 0) is 29.9 Å². The number of amides is 1. The van der Waals surface area contributed by atoms with Crippen molar-refractivity contribution in [3.05, 3.63) is 82.6 Å². The third-order valence-corrected chi connectivity index (χ3v) is 7.20. The van der Waals surface area contributed by atoms with Crippen LogP contribution in [0, 0.1) is 0 Å². The number of aromatic nitrogens is 4. The molecule has 0 unspecified atom stereocenters. The fraction of sp³-hybridized carbons (Fsp3) is 0.280. The average Bonchev–Trinajstić information content (AvgIpc) is 3.45. The van der Waals surface area contributed by atoms with Gasteiger partial charge in [0.15, 0.2) is 10.3 Å². The highest BCUT2D eigenvalue weighted by Crippen LogP contribution is 2.33. The maximum absolute atomic E-state index is 12.5. The van der Waals surface area contributed by atoms with E-state index in [9.17, 15) is 4.79 Å². The van der Waals surface area contributed by atoms with Gasteiger partial charge in [0.25, 0.3) is 0 Å². The van der Waals surface area contributed by atoms with Crippen molar-refractivity contribution < 1.29 is 4.79 Å². The largest absolute Gasteiger partial charge is 0.306 e. The molecule has 0 saturated heterocycles. The Morgan fingerprint density at radius 1 is 1.06 bits per heavy atom. The van der Waals surface area contributed by atoms with Crippen LogP contribution in [0.4, 0.5) is 10.8 Å². The Morgan fingerprint density at radius 2 is 1.82 bits per heavy atom. The average molecular weight is 478 g/mol. The van der Waals surface area contributed by atoms with E-state index in [0.29, 0.717) is 10.9 Å². The van der Waals surface area contributed by atoms with E-state index in [-0.39, 0.29) is 5.91 Å². The van der Waals surface area contributed by atoms with Crippen molar-refractivity contribution in [2.45, 2.75) is 51.1 Å². The van der Waals surface area contributed by atoms with Gasteiger partial charge in [-0.15, -0.1) is 21.5 Å². The minimum absolute atomic E-state index is 0.0410. The van der Waals surface area contributed by atoms with Crippen LogP contribution >= 0.6 is 23.1 Å². The van der Waals surface area contributed by atoms with Gasteiger partial charge in [-0.1, -0.05) is 67.2 Å². The third kappa shape index (κ3) is 5.34. The molecule has 0 atom stereocenters. The Labute approximate surface area is 202 Å². The fourth-order valence-corrected chi connectivity index (χ4v) is 5.59. The fourth-order valence-electron chi connectivity index (χ4n) is 3.69. The molecule has 6 nitrogen and oxygen atoms in total. The molecule has 1 amide bonds. The van der Waals surface area contributed by atoms with Crippen LogP contribution in [0.15, 0.2) is 65.1 Å². The molecular formula is C25H27N5OS2. The first kappa shape index (κ1) is 23.2. The molecule has 0 radical (unpaired) electrons. The molecule has 170 valence electrons. The molecule has 0 aliphatic rings. The van der Waals surface area contributed by atoms with Crippen LogP contribution in [-0.4, -0.2) is 25.7 Å². The summed E-state index contributed by atoms with van der Waals surface area (Å²) >= 11 is 3.11. The lowest BCUT2D eigenvalue weighted by atomic mass is 10.1. The molecule has 0 saturated carbocycles. The number of carbonyl (C=O) groups excluding carboxylic acids is 1. The maximum Gasteiger partial charge on any atom is 0.230 e. The highest BCUT2D eigenvalue weighted by molar-refractivity contribution is 7.98. The van der Waals surface area contributed by atoms with Crippen LogP contribution in [0.25, 0.3) is 0 Å². The summed E-state index contributed by atoms with van der Waals surface area (Å²) in [6, 6.07) is 18.3. The molecule has 0 spiro atoms. The van der Waals surface area contributed by atoms with Gasteiger partial charge in [-0.05, 0) is 30.5 Å². The van der Waals surface area contributed by atoms with Crippen molar-refractivity contribution in [1.82, 2.24) is 19.7 Å². The molecule has 0 bridgehead atoms. The smallest absolute Gasteiger partial charge is 0.230 e. The van der Waals surface area contributed by atoms with Gasteiger partial charge in [-0.2, -0.15) is 0 Å². The summed E-state index contributed by atoms with van der Waals surface area (Å²) in [5, 5.41) is 12.5. The first-order valence-corrected chi connectivity index (χ1v) is 12.9. The molecule has 4 aromatic rings. The topological polar surface area (TPSA) is 63.9 Å². The predicted octanol–water partition coefficient (Wildman–Crippen LogP) is 5.88. The van der Waals surface area contributed by atoms with E-state index in [2.05, 4.69) is 46.8 Å². The van der Waals surface area contributed by atoms with Crippen LogP contribution in [0.5, 0.6) is 0 Å². The summed E-state index contributed by atoms with van der Waals surface area (Å²) < 4.78 is 2.16. The normalized spacial score (nSPS) is 11.0. The molecule has 0 N–H and O–H groups in total. The number of rotatable bonds is 9. The number of anilines is 2. The zero-order chi connectivity index (χ0) is 23.2. The van der Waals surface area contributed by atoms with Crippen molar-refractivity contribution in [2.75, 3.05) is 4.90 Å². The van der Waals surface area contributed by atoms with Crippen molar-refractivity contribution >= 4 is 39.8 Å². The number of thiazole rings is 1. The van der Waals surface area contributed by atoms with E-state index in [4.69, 9.17) is 4.98 Å². The predicted molar refractivity (Wildman–Crippen MR) is 135 cm³/mol. The van der Waals surface area contributed by atoms with E-state index in [1.54, 1.807) is 23.6 Å². The van der Waals surface area contributed by atoms with Gasteiger partial charge >= 0.3 is 0 Å². The molecule has 2 heterocycles. The van der Waals surface area contributed by atoms with E-state index >= 15 is 0 Å². The van der Waals surface area contributed by atoms with Gasteiger partial charge in [-0.3, -0.25) is 9.69 Å². The van der Waals surface area contributed by atoms with Crippen LogP contribution in [0.3, 0.4) is 0 Å². The Morgan fingerprint density at radius 3 is 2.55 bits per heavy atom. The summed E-state index contributed by atoms with van der Waals surface area (Å²) in [5.41, 5.74) is 4.17. The number of hydrogen-bond acceptors (Lipinski definition) is 6. The number of para-hydroxylation sites is 1. The second-order valence-corrected chi connectivity index (χ2v) is 9.33. The minimum atomic E-state index is -0.0410. The Balaban J connectivity index is 1.49. The van der Waals surface area contributed by atoms with Gasteiger partial charge in [-0.25, -0.2) is 4.98 Å². The van der Waals surface area contributed by atoms with Crippen LogP contribution < -0.4 is 4.90 Å². The molecular weight excluding hydrogens is 450 g/mol. The Kier molecular flexibility index (Phi) is 7.57. The monoisotopic (exact) mass is 477 g/mol. The maximum atomic E-state index is 12.5. The summed E-state index contributed by atoms with van der Waals surface area (Å²) in [7, 11) is 0. The first-order valence-electron chi connectivity index (χ1n) is 11.0. The van der Waals surface area contributed by atoms with Crippen LogP contribution in [0.2, 0.25) is 0 Å². The lowest BCUT2D eigenvalue weighted by molar-refractivity contribution is -0.115. The summed E-state index contributed by atoms with van der Waals surface area (Å²) in [4.78, 5) is 19.0. The zero-order valence-electron chi connectivity index (χ0n) is 19.1. The summed E-state index contributed by atoms with van der Waals surface area (Å²) in [6.45, 7) is 6.60. The molecule has 33 heavy (non-hydrogen) atoms. The van der Waals surface area contributed by atoms with Gasteiger partial charge in [0.2, 0.25) is 5.91 Å². The lowest BCUT2D eigenvalue weighted by Gasteiger charge is -2.20. The van der Waals surface area contributed by atoms with E-state index in [1.165, 1.54) is 16.9 Å². The highest BCUT2D eigenvalue weighted by atomic mass is 32.2. The zero-order valence-corrected chi connectivity index (χ0v) is 20.7. The Bertz CT molecular complexity index is 1220. The quantitative estimate of drug-likeness (QED) is 0.282. The number of carbonyl (C=O) groups is 1. The second-order valence-electron chi connectivity index (χ2n) is 7.55. The third-order valence-electron chi connectivity index (χ3n) is 5.32. The molecule has 0 aliphatic heterocycles. The van der Waals surface area contributed by atoms with Crippen LogP contribution in [0.1, 0.15) is 43.4 Å². The summed E-state index contributed by atoms with van der Waals surface area (Å²) in [6.07, 6.45) is 1.61. The van der Waals surface area contributed by atoms with E-state index in [1.807, 2.05) is 41.8 Å². The second kappa shape index (κ2) is 10.8. The van der Waals surface area contributed by atoms with Crippen molar-refractivity contribution in [2.24, 2.45) is 0 Å². The van der Waals surface area contributed by atoms with E-state index in [0.717, 1.165) is 47.3 Å².